The molecule has 18 aromatic rings. The highest BCUT2D eigenvalue weighted by atomic mass is 31.1. The van der Waals surface area contributed by atoms with Gasteiger partial charge in [-0.25, -0.2) is 0 Å². The maximum absolute atomic E-state index is 7.97. The molecule has 2 heterocycles. The van der Waals surface area contributed by atoms with E-state index in [1.807, 2.05) is 0 Å². The largest absolute Gasteiger partial charge is 0.488 e. The Hall–Kier alpha value is -11.9. The van der Waals surface area contributed by atoms with Crippen LogP contribution in [0.4, 0.5) is 0 Å². The van der Waals surface area contributed by atoms with Gasteiger partial charge in [-0.3, -0.25) is 0 Å². The van der Waals surface area contributed by atoms with Gasteiger partial charge < -0.3 is 35.3 Å². The Balaban J connectivity index is 0.909. The van der Waals surface area contributed by atoms with Crippen LogP contribution in [-0.2, 0) is 60.6 Å². The molecule has 1 aliphatic carbocycles. The maximum Gasteiger partial charge on any atom is 0.453 e. The summed E-state index contributed by atoms with van der Waals surface area (Å²) in [4.78, 5) is 0. The van der Waals surface area contributed by atoms with Crippen LogP contribution in [0.5, 0.6) is 23.0 Å². The zero-order chi connectivity index (χ0) is 79.5. The summed E-state index contributed by atoms with van der Waals surface area (Å²) < 4.78 is 61.3. The van der Waals surface area contributed by atoms with Gasteiger partial charge in [-0.1, -0.05) is 326 Å². The molecule has 576 valence electrons. The summed E-state index contributed by atoms with van der Waals surface area (Å²) in [6.07, 6.45) is 1.58. The minimum absolute atomic E-state index is 0.296. The molecule has 0 aliphatic heterocycles. The first-order valence-corrected chi connectivity index (χ1v) is 42.7. The van der Waals surface area contributed by atoms with E-state index in [1.54, 1.807) is 0 Å². The van der Waals surface area contributed by atoms with Crippen molar-refractivity contribution in [1.29, 1.82) is 0 Å². The molecule has 10 heteroatoms. The maximum atomic E-state index is 7.97. The standard InChI is InChI=1S/C106H94O8P2/c1-103(2,3)83-55-75-51-79-59-85(105(7,8)9)61-81(101(79)113-115-109-91-45-41-69-27-17-21-33-87(69)95(91)96-88-34-22-18-28-70(88)42-46-92(96)110-115)53-77-57-84(104(4,5)6)58-78(100(77)108-64-66-38-40-68-26-14-16-32-74(68)50-66)54-82-62-86(106(10,11)12)60-80(52-76(56-83)99(75)107-63-65-37-39-67-25-13-15-31-73(67)49-65)102(82)114-116-111-93-47-43-71-29-19-23-35-89(71)97(93)98-90-36-24-20-30-72(90)44-48-94(98)112-116/h13-50,55-62H,51-54,63-64H2,1-12H3. The van der Waals surface area contributed by atoms with E-state index in [9.17, 15) is 0 Å². The summed E-state index contributed by atoms with van der Waals surface area (Å²) in [6.45, 7) is 28.3. The Morgan fingerprint density at radius 2 is 0.466 bits per heavy atom. The van der Waals surface area contributed by atoms with Crippen molar-refractivity contribution in [2.24, 2.45) is 0 Å². The van der Waals surface area contributed by atoms with Gasteiger partial charge in [0.1, 0.15) is 58.5 Å². The zero-order valence-electron chi connectivity index (χ0n) is 68.0. The van der Waals surface area contributed by atoms with Gasteiger partial charge in [0.15, 0.2) is 0 Å². The van der Waals surface area contributed by atoms with E-state index < -0.39 is 16.5 Å². The van der Waals surface area contributed by atoms with Gasteiger partial charge in [-0.15, -0.1) is 0 Å². The molecule has 0 fully saturated rings. The molecule has 0 N–H and O–H groups in total. The minimum atomic E-state index is -2.25. The van der Waals surface area contributed by atoms with Gasteiger partial charge in [0.2, 0.25) is 0 Å². The van der Waals surface area contributed by atoms with Crippen LogP contribution in [0.1, 0.15) is 161 Å². The first-order valence-electron chi connectivity index (χ1n) is 40.5. The summed E-state index contributed by atoms with van der Waals surface area (Å²) in [5.74, 6) is 2.93. The van der Waals surface area contributed by atoms with E-state index in [4.69, 9.17) is 35.3 Å². The van der Waals surface area contributed by atoms with E-state index in [0.717, 1.165) is 165 Å². The Labute approximate surface area is 679 Å². The molecular weight excluding hydrogens is 1460 g/mol. The second-order valence-corrected chi connectivity index (χ2v) is 37.8. The Kier molecular flexibility index (Phi) is 18.6. The molecule has 0 unspecified atom stereocenters. The second-order valence-electron chi connectivity index (χ2n) is 35.8. The summed E-state index contributed by atoms with van der Waals surface area (Å²) >= 11 is 0. The van der Waals surface area contributed by atoms with E-state index in [-0.39, 0.29) is 21.7 Å². The fourth-order valence-corrected chi connectivity index (χ4v) is 19.4. The van der Waals surface area contributed by atoms with E-state index in [1.165, 1.54) is 10.8 Å². The minimum Gasteiger partial charge on any atom is -0.488 e. The molecule has 0 saturated heterocycles. The normalized spacial score (nSPS) is 12.9. The molecule has 16 aromatic carbocycles. The molecular formula is C106H94O8P2. The molecule has 2 aromatic heterocycles. The number of ether oxygens (including phenoxy) is 2. The van der Waals surface area contributed by atoms with Gasteiger partial charge in [0, 0.05) is 69.5 Å². The van der Waals surface area contributed by atoms with Crippen molar-refractivity contribution in [3.05, 3.63) is 357 Å². The van der Waals surface area contributed by atoms with Crippen LogP contribution >= 0.6 is 16.5 Å². The lowest BCUT2D eigenvalue weighted by molar-refractivity contribution is 0.300. The van der Waals surface area contributed by atoms with Crippen LogP contribution in [0.25, 0.3) is 109 Å². The molecule has 8 bridgehead atoms. The van der Waals surface area contributed by atoms with Crippen LogP contribution in [0.2, 0.25) is 0 Å². The van der Waals surface area contributed by atoms with Crippen molar-refractivity contribution >= 4 is 125 Å². The van der Waals surface area contributed by atoms with E-state index >= 15 is 0 Å². The molecule has 8 nitrogen and oxygen atoms in total. The number of rotatable bonds is 10. The topological polar surface area (TPSA) is 89.5 Å². The van der Waals surface area contributed by atoms with Crippen molar-refractivity contribution in [3.63, 3.8) is 0 Å². The smallest absolute Gasteiger partial charge is 0.453 e. The number of fused-ring (bicyclic) bond motifs is 24. The van der Waals surface area contributed by atoms with Gasteiger partial charge in [0.25, 0.3) is 0 Å². The van der Waals surface area contributed by atoms with Crippen LogP contribution < -0.4 is 18.5 Å². The highest BCUT2D eigenvalue weighted by Gasteiger charge is 2.32. The van der Waals surface area contributed by atoms with Gasteiger partial charge in [-0.05, 0) is 178 Å². The average Bonchev–Trinajstić information content (AvgIpc) is 1.56. The summed E-state index contributed by atoms with van der Waals surface area (Å²) in [5.41, 5.74) is 16.0. The molecule has 0 radical (unpaired) electrons. The number of hydrogen-bond acceptors (Lipinski definition) is 8. The monoisotopic (exact) mass is 1560 g/mol. The first kappa shape index (κ1) is 74.2. The Morgan fingerprint density at radius 1 is 0.241 bits per heavy atom. The third-order valence-corrected chi connectivity index (χ3v) is 25.5. The van der Waals surface area contributed by atoms with Crippen molar-refractivity contribution in [2.75, 3.05) is 0 Å². The predicted molar refractivity (Wildman–Crippen MR) is 483 cm³/mol. The lowest BCUT2D eigenvalue weighted by Gasteiger charge is -2.29. The highest BCUT2D eigenvalue weighted by molar-refractivity contribution is 7.32. The Bertz CT molecular complexity index is 6380. The van der Waals surface area contributed by atoms with E-state index in [2.05, 4.69) is 362 Å². The lowest BCUT2D eigenvalue weighted by Crippen LogP contribution is -2.17. The highest BCUT2D eigenvalue weighted by Crippen LogP contribution is 2.51. The first-order chi connectivity index (χ1) is 55.9. The number of benzene rings is 16. The van der Waals surface area contributed by atoms with Gasteiger partial charge in [0.05, 0.1) is 0 Å². The molecule has 0 spiro atoms. The molecule has 0 saturated carbocycles. The second kappa shape index (κ2) is 29.1. The SMILES string of the molecule is CC(C)(C)c1cc2c(OCc3ccc4ccccc4c3)c(c1)Cc1cc(C(C)(C)C)cc(c1Op1oc3ccc4ccccc4c3c3c(ccc4ccccc43)o1)Cc1cc(C(C)(C)C)cc(c1OCc1ccc3ccccc3c1)Cc1cc(C(C)(C)C)cc(c1Op1oc3ccc4ccccc4c3c3c(ccc4ccccc43)o1)C2. The lowest BCUT2D eigenvalue weighted by atomic mass is 9.79. The third-order valence-electron chi connectivity index (χ3n) is 23.4. The molecule has 116 heavy (non-hydrogen) atoms. The average molecular weight is 1560 g/mol. The summed E-state index contributed by atoms with van der Waals surface area (Å²) in [5, 5.41) is 17.2. The van der Waals surface area contributed by atoms with Crippen molar-refractivity contribution in [2.45, 2.75) is 144 Å². The van der Waals surface area contributed by atoms with Crippen LogP contribution in [0.15, 0.2) is 296 Å². The fraction of sp³-hybridized carbons (Fsp3) is 0.208. The van der Waals surface area contributed by atoms with Gasteiger partial charge >= 0.3 is 16.5 Å². The van der Waals surface area contributed by atoms with Crippen LogP contribution in [0, 0.1) is 0 Å². The predicted octanol–water partition coefficient (Wildman–Crippen LogP) is 30.5. The van der Waals surface area contributed by atoms with Crippen LogP contribution in [0.3, 0.4) is 0 Å². The number of hydrogen-bond donors (Lipinski definition) is 0. The Morgan fingerprint density at radius 3 is 0.724 bits per heavy atom. The van der Waals surface area contributed by atoms with E-state index in [0.29, 0.717) is 72.7 Å². The summed E-state index contributed by atoms with van der Waals surface area (Å²) in [7, 11) is -4.51. The molecule has 0 amide bonds. The molecule has 0 atom stereocenters. The van der Waals surface area contributed by atoms with Crippen molar-refractivity contribution < 1.29 is 35.3 Å². The van der Waals surface area contributed by atoms with Crippen LogP contribution in [-0.4, -0.2) is 0 Å². The van der Waals surface area contributed by atoms with Gasteiger partial charge in [-0.2, -0.15) is 0 Å². The molecule has 1 aliphatic rings. The zero-order valence-corrected chi connectivity index (χ0v) is 69.8. The third kappa shape index (κ3) is 14.3. The quantitative estimate of drug-likeness (QED) is 0.134. The molecule has 19 rings (SSSR count). The fourth-order valence-electron chi connectivity index (χ4n) is 17.1. The summed E-state index contributed by atoms with van der Waals surface area (Å²) in [6, 6.07) is 101. The van der Waals surface area contributed by atoms with Crippen molar-refractivity contribution in [1.82, 2.24) is 0 Å². The van der Waals surface area contributed by atoms with Crippen molar-refractivity contribution in [3.8, 4) is 23.0 Å².